The average Bonchev–Trinajstić information content (AvgIpc) is 2.67. The smallest absolute Gasteiger partial charge is 0.224 e. The second kappa shape index (κ2) is 4.89. The first kappa shape index (κ1) is 12.1. The molecule has 2 heterocycles. The van der Waals surface area contributed by atoms with Crippen LogP contribution in [0.15, 0.2) is 10.8 Å². The van der Waals surface area contributed by atoms with Gasteiger partial charge in [0.15, 0.2) is 5.82 Å². The summed E-state index contributed by atoms with van der Waals surface area (Å²) < 4.78 is 0. The molecule has 0 aliphatic rings. The second-order valence-corrected chi connectivity index (χ2v) is 4.86. The average molecular weight is 269 g/mol. The lowest BCUT2D eigenvalue weighted by atomic mass is 10.2. The van der Waals surface area contributed by atoms with Crippen LogP contribution >= 0.6 is 22.9 Å². The Balaban J connectivity index is 2.17. The van der Waals surface area contributed by atoms with Crippen LogP contribution in [0.3, 0.4) is 0 Å². The summed E-state index contributed by atoms with van der Waals surface area (Å²) in [5.74, 6) is 0.591. The molecule has 17 heavy (non-hydrogen) atoms. The first-order valence-corrected chi connectivity index (χ1v) is 6.45. The van der Waals surface area contributed by atoms with E-state index in [1.165, 1.54) is 11.1 Å². The number of anilines is 2. The summed E-state index contributed by atoms with van der Waals surface area (Å²) in [4.78, 5) is 8.07. The summed E-state index contributed by atoms with van der Waals surface area (Å²) >= 11 is 7.48. The maximum Gasteiger partial charge on any atom is 0.224 e. The lowest BCUT2D eigenvalue weighted by Crippen LogP contribution is -2.07. The minimum absolute atomic E-state index is 0.209. The molecule has 2 aromatic rings. The summed E-state index contributed by atoms with van der Waals surface area (Å²) in [6, 6.07) is 0. The van der Waals surface area contributed by atoms with Gasteiger partial charge in [-0.1, -0.05) is 0 Å². The third-order valence-corrected chi connectivity index (χ3v) is 3.60. The quantitative estimate of drug-likeness (QED) is 0.840. The van der Waals surface area contributed by atoms with Crippen LogP contribution in [0, 0.1) is 13.8 Å². The number of aryl methyl sites for hydroxylation is 2. The third kappa shape index (κ3) is 2.68. The van der Waals surface area contributed by atoms with Gasteiger partial charge in [0.05, 0.1) is 11.4 Å². The Labute approximate surface area is 109 Å². The van der Waals surface area contributed by atoms with Crippen LogP contribution in [0.1, 0.15) is 16.8 Å². The van der Waals surface area contributed by atoms with Gasteiger partial charge in [-0.15, -0.1) is 0 Å². The summed E-state index contributed by atoms with van der Waals surface area (Å²) in [6.07, 6.45) is 0. The molecule has 6 heteroatoms. The highest BCUT2D eigenvalue weighted by Crippen LogP contribution is 2.22. The van der Waals surface area contributed by atoms with Crippen LogP contribution in [-0.2, 0) is 6.54 Å². The fourth-order valence-corrected chi connectivity index (χ4v) is 2.50. The Kier molecular flexibility index (Phi) is 3.49. The predicted molar refractivity (Wildman–Crippen MR) is 72.6 cm³/mol. The van der Waals surface area contributed by atoms with E-state index < -0.39 is 0 Å². The maximum absolute atomic E-state index is 5.89. The fraction of sp³-hybridized carbons (Fsp3) is 0.273. The summed E-state index contributed by atoms with van der Waals surface area (Å²) in [6.45, 7) is 4.57. The van der Waals surface area contributed by atoms with Crippen LogP contribution in [0.25, 0.3) is 0 Å². The second-order valence-electron chi connectivity index (χ2n) is 3.77. The number of rotatable bonds is 3. The third-order valence-electron chi connectivity index (χ3n) is 2.52. The first-order valence-electron chi connectivity index (χ1n) is 5.13. The number of halogens is 1. The Morgan fingerprint density at radius 2 is 2.12 bits per heavy atom. The number of hydrogen-bond donors (Lipinski definition) is 2. The van der Waals surface area contributed by atoms with Crippen molar-refractivity contribution in [1.82, 2.24) is 9.97 Å². The molecule has 0 radical (unpaired) electrons. The normalized spacial score (nSPS) is 10.5. The zero-order valence-electron chi connectivity index (χ0n) is 9.62. The molecule has 0 aliphatic carbocycles. The van der Waals surface area contributed by atoms with E-state index in [1.54, 1.807) is 11.3 Å². The largest absolute Gasteiger partial charge is 0.394 e. The fourth-order valence-electron chi connectivity index (χ4n) is 1.43. The number of hydrogen-bond acceptors (Lipinski definition) is 5. The highest BCUT2D eigenvalue weighted by atomic mass is 35.5. The van der Waals surface area contributed by atoms with E-state index >= 15 is 0 Å². The summed E-state index contributed by atoms with van der Waals surface area (Å²) in [7, 11) is 0. The summed E-state index contributed by atoms with van der Waals surface area (Å²) in [5.41, 5.74) is 9.62. The van der Waals surface area contributed by atoms with Gasteiger partial charge in [0.25, 0.3) is 0 Å². The van der Waals surface area contributed by atoms with Crippen molar-refractivity contribution in [1.29, 1.82) is 0 Å². The standard InChI is InChI=1S/C11H13ClN4S/c1-6-4-17-5-8(6)3-14-10-9(13)7(2)15-11(12)16-10/h4-5H,3,13H2,1-2H3,(H,14,15,16). The van der Waals surface area contributed by atoms with Gasteiger partial charge in [0.2, 0.25) is 5.28 Å². The van der Waals surface area contributed by atoms with Gasteiger partial charge < -0.3 is 11.1 Å². The number of nitrogens with one attached hydrogen (secondary N) is 1. The molecule has 2 aromatic heterocycles. The summed E-state index contributed by atoms with van der Waals surface area (Å²) in [5, 5.41) is 7.61. The van der Waals surface area contributed by atoms with Crippen molar-refractivity contribution in [2.45, 2.75) is 20.4 Å². The van der Waals surface area contributed by atoms with E-state index in [0.29, 0.717) is 23.7 Å². The molecule has 0 spiro atoms. The van der Waals surface area contributed by atoms with Crippen molar-refractivity contribution < 1.29 is 0 Å². The van der Waals surface area contributed by atoms with E-state index in [9.17, 15) is 0 Å². The van der Waals surface area contributed by atoms with E-state index in [0.717, 1.165) is 0 Å². The van der Waals surface area contributed by atoms with E-state index in [-0.39, 0.29) is 5.28 Å². The van der Waals surface area contributed by atoms with Gasteiger partial charge in [-0.2, -0.15) is 16.3 Å². The molecule has 0 aliphatic heterocycles. The van der Waals surface area contributed by atoms with Gasteiger partial charge >= 0.3 is 0 Å². The number of thiophene rings is 1. The Morgan fingerprint density at radius 1 is 1.35 bits per heavy atom. The van der Waals surface area contributed by atoms with Crippen LogP contribution in [0.4, 0.5) is 11.5 Å². The molecule has 0 fully saturated rings. The molecule has 0 saturated heterocycles. The first-order chi connectivity index (χ1) is 8.08. The van der Waals surface area contributed by atoms with Gasteiger partial charge in [-0.3, -0.25) is 0 Å². The molecule has 0 saturated carbocycles. The Morgan fingerprint density at radius 3 is 2.76 bits per heavy atom. The molecule has 0 atom stereocenters. The number of nitrogens with zero attached hydrogens (tertiary/aromatic N) is 2. The molecular weight excluding hydrogens is 256 g/mol. The van der Waals surface area contributed by atoms with Crippen molar-refractivity contribution in [3.63, 3.8) is 0 Å². The molecule has 90 valence electrons. The van der Waals surface area contributed by atoms with Crippen LogP contribution in [0.5, 0.6) is 0 Å². The van der Waals surface area contributed by atoms with E-state index in [2.05, 4.69) is 33.0 Å². The molecule has 0 aromatic carbocycles. The molecule has 4 nitrogen and oxygen atoms in total. The predicted octanol–water partition coefficient (Wildman–Crippen LogP) is 3.00. The molecule has 0 bridgehead atoms. The monoisotopic (exact) mass is 268 g/mol. The van der Waals surface area contributed by atoms with Crippen molar-refractivity contribution >= 4 is 34.4 Å². The molecule has 2 rings (SSSR count). The van der Waals surface area contributed by atoms with E-state index in [4.69, 9.17) is 17.3 Å². The Hall–Kier alpha value is -1.33. The van der Waals surface area contributed by atoms with E-state index in [1.807, 2.05) is 6.92 Å². The number of nitrogens with two attached hydrogens (primary N) is 1. The van der Waals surface area contributed by atoms with Crippen molar-refractivity contribution in [3.8, 4) is 0 Å². The van der Waals surface area contributed by atoms with Crippen molar-refractivity contribution in [2.24, 2.45) is 0 Å². The highest BCUT2D eigenvalue weighted by Gasteiger charge is 2.08. The van der Waals surface area contributed by atoms with Gasteiger partial charge in [0, 0.05) is 6.54 Å². The zero-order chi connectivity index (χ0) is 12.4. The van der Waals surface area contributed by atoms with Crippen LogP contribution in [0.2, 0.25) is 5.28 Å². The van der Waals surface area contributed by atoms with Gasteiger partial charge in [-0.05, 0) is 47.3 Å². The maximum atomic E-state index is 5.89. The SMILES string of the molecule is Cc1cscc1CNc1nc(Cl)nc(C)c1N. The van der Waals surface area contributed by atoms with Gasteiger partial charge in [0.1, 0.15) is 0 Å². The van der Waals surface area contributed by atoms with Crippen molar-refractivity contribution in [3.05, 3.63) is 32.9 Å². The lowest BCUT2D eigenvalue weighted by Gasteiger charge is -2.09. The minimum Gasteiger partial charge on any atom is -0.394 e. The minimum atomic E-state index is 0.209. The number of aromatic nitrogens is 2. The lowest BCUT2D eigenvalue weighted by molar-refractivity contribution is 1.06. The number of nitrogen functional groups attached to an aromatic ring is 1. The highest BCUT2D eigenvalue weighted by molar-refractivity contribution is 7.08. The van der Waals surface area contributed by atoms with Crippen LogP contribution in [-0.4, -0.2) is 9.97 Å². The Bertz CT molecular complexity index is 538. The van der Waals surface area contributed by atoms with Crippen molar-refractivity contribution in [2.75, 3.05) is 11.1 Å². The molecular formula is C11H13ClN4S. The topological polar surface area (TPSA) is 63.8 Å². The molecule has 0 unspecified atom stereocenters. The molecule has 3 N–H and O–H groups in total. The molecule has 0 amide bonds. The van der Waals surface area contributed by atoms with Gasteiger partial charge in [-0.25, -0.2) is 4.98 Å². The zero-order valence-corrected chi connectivity index (χ0v) is 11.2. The van der Waals surface area contributed by atoms with Crippen LogP contribution < -0.4 is 11.1 Å².